The molecule has 0 radical (unpaired) electrons. The fourth-order valence-corrected chi connectivity index (χ4v) is 8.18. The van der Waals surface area contributed by atoms with E-state index in [4.69, 9.17) is 18.6 Å². The highest BCUT2D eigenvalue weighted by molar-refractivity contribution is 6.62. The van der Waals surface area contributed by atoms with Gasteiger partial charge in [0.25, 0.3) is 0 Å². The summed E-state index contributed by atoms with van der Waals surface area (Å²) in [4.78, 5) is 0. The van der Waals surface area contributed by atoms with Gasteiger partial charge in [0.15, 0.2) is 0 Å². The second-order valence-electron chi connectivity index (χ2n) is 17.1. The molecule has 258 valence electrons. The first-order valence-corrected chi connectivity index (χ1v) is 19.0. The molecule has 2 aromatic carbocycles. The molecule has 2 aromatic rings. The number of hydrogen-bond acceptors (Lipinski definition) is 4. The summed E-state index contributed by atoms with van der Waals surface area (Å²) in [5.74, 6) is 1.30. The summed E-state index contributed by atoms with van der Waals surface area (Å²) in [7, 11) is -0.757. The Morgan fingerprint density at radius 3 is 1.17 bits per heavy atom. The van der Waals surface area contributed by atoms with E-state index in [2.05, 4.69) is 119 Å². The molecule has 2 aliphatic heterocycles. The van der Waals surface area contributed by atoms with Gasteiger partial charge in [-0.3, -0.25) is 0 Å². The lowest BCUT2D eigenvalue weighted by atomic mass is 9.63. The van der Waals surface area contributed by atoms with Gasteiger partial charge in [-0.2, -0.15) is 0 Å². The van der Waals surface area contributed by atoms with Crippen molar-refractivity contribution < 1.29 is 18.6 Å². The molecule has 0 amide bonds. The zero-order chi connectivity index (χ0) is 34.4. The van der Waals surface area contributed by atoms with Crippen molar-refractivity contribution in [3.05, 3.63) is 47.5 Å². The van der Waals surface area contributed by atoms with E-state index in [1.165, 1.54) is 73.6 Å². The molecule has 2 atom stereocenters. The molecule has 47 heavy (non-hydrogen) atoms. The standard InChI is InChI=1S/C41H64B2O4/c1-13-17-19-29(15-3)27-41(28-30(16-4)20-18-14-2)35-25-31(42-44-37(5,6)38(7,8)45-42)21-23-33(35)34-24-22-32(26-36(34)41)43-46-39(9,10)40(11,12)47-43/h21-26,29-30H,13-20,27-28H2,1-12H3/t29-,30-/m1/s1. The van der Waals surface area contributed by atoms with Gasteiger partial charge >= 0.3 is 14.2 Å². The van der Waals surface area contributed by atoms with E-state index < -0.39 is 0 Å². The van der Waals surface area contributed by atoms with Gasteiger partial charge in [-0.25, -0.2) is 0 Å². The SMILES string of the molecule is CCCC[C@@H](CC)CC1(C[C@H](CC)CCCC)c2cc(B3OC(C)(C)C(C)(C)O3)ccc2-c2ccc(B3OC(C)(C)C(C)(C)O3)cc21. The smallest absolute Gasteiger partial charge is 0.399 e. The second kappa shape index (κ2) is 13.6. The Labute approximate surface area is 288 Å². The van der Waals surface area contributed by atoms with Crippen LogP contribution in [0.4, 0.5) is 0 Å². The Bertz CT molecular complexity index is 1260. The topological polar surface area (TPSA) is 36.9 Å². The van der Waals surface area contributed by atoms with Crippen LogP contribution in [0.1, 0.15) is 158 Å². The third kappa shape index (κ3) is 6.80. The minimum Gasteiger partial charge on any atom is -0.399 e. The van der Waals surface area contributed by atoms with Crippen molar-refractivity contribution in [3.63, 3.8) is 0 Å². The highest BCUT2D eigenvalue weighted by atomic mass is 16.7. The number of rotatable bonds is 14. The molecule has 5 rings (SSSR count). The van der Waals surface area contributed by atoms with Crippen molar-refractivity contribution in [2.24, 2.45) is 11.8 Å². The van der Waals surface area contributed by atoms with Crippen molar-refractivity contribution in [2.75, 3.05) is 0 Å². The molecule has 0 unspecified atom stereocenters. The third-order valence-corrected chi connectivity index (χ3v) is 12.8. The normalized spacial score (nSPS) is 22.7. The summed E-state index contributed by atoms with van der Waals surface area (Å²) < 4.78 is 26.5. The Morgan fingerprint density at radius 2 is 0.872 bits per heavy atom. The quantitative estimate of drug-likeness (QED) is 0.192. The van der Waals surface area contributed by atoms with Crippen LogP contribution in [0.2, 0.25) is 0 Å². The van der Waals surface area contributed by atoms with Crippen LogP contribution < -0.4 is 10.9 Å². The van der Waals surface area contributed by atoms with Gasteiger partial charge in [-0.05, 0) is 113 Å². The van der Waals surface area contributed by atoms with Crippen LogP contribution in [0.5, 0.6) is 0 Å². The van der Waals surface area contributed by atoms with Crippen LogP contribution in [0.15, 0.2) is 36.4 Å². The molecule has 0 N–H and O–H groups in total. The number of unbranched alkanes of at least 4 members (excludes halogenated alkanes) is 2. The molecule has 2 saturated heterocycles. The second-order valence-corrected chi connectivity index (χ2v) is 17.1. The molecule has 4 nitrogen and oxygen atoms in total. The first-order valence-electron chi connectivity index (χ1n) is 19.0. The first kappa shape index (κ1) is 36.7. The van der Waals surface area contributed by atoms with E-state index in [9.17, 15) is 0 Å². The number of benzene rings is 2. The van der Waals surface area contributed by atoms with Crippen LogP contribution >= 0.6 is 0 Å². The highest BCUT2D eigenvalue weighted by Crippen LogP contribution is 2.56. The molecular weight excluding hydrogens is 578 g/mol. The van der Waals surface area contributed by atoms with Crippen LogP contribution in [0.3, 0.4) is 0 Å². The van der Waals surface area contributed by atoms with Gasteiger partial charge in [-0.1, -0.05) is 115 Å². The predicted molar refractivity (Wildman–Crippen MR) is 200 cm³/mol. The summed E-state index contributed by atoms with van der Waals surface area (Å²) in [6.45, 7) is 26.7. The molecule has 2 heterocycles. The summed E-state index contributed by atoms with van der Waals surface area (Å²) in [6, 6.07) is 14.2. The highest BCUT2D eigenvalue weighted by Gasteiger charge is 2.54. The van der Waals surface area contributed by atoms with Crippen LogP contribution in [-0.2, 0) is 24.0 Å². The zero-order valence-corrected chi connectivity index (χ0v) is 32.0. The maximum Gasteiger partial charge on any atom is 0.494 e. The molecule has 2 fully saturated rings. The van der Waals surface area contributed by atoms with Crippen molar-refractivity contribution in [3.8, 4) is 11.1 Å². The van der Waals surface area contributed by atoms with E-state index in [-0.39, 0.29) is 42.1 Å². The van der Waals surface area contributed by atoms with Gasteiger partial charge in [0.05, 0.1) is 22.4 Å². The van der Waals surface area contributed by atoms with Crippen molar-refractivity contribution >= 4 is 25.2 Å². The Balaban J connectivity index is 1.69. The Kier molecular flexibility index (Phi) is 10.6. The summed E-state index contributed by atoms with van der Waals surface area (Å²) >= 11 is 0. The van der Waals surface area contributed by atoms with E-state index in [1.807, 2.05) is 0 Å². The number of fused-ring (bicyclic) bond motifs is 3. The van der Waals surface area contributed by atoms with E-state index in [0.29, 0.717) is 11.8 Å². The van der Waals surface area contributed by atoms with E-state index in [1.54, 1.807) is 0 Å². The summed E-state index contributed by atoms with van der Waals surface area (Å²) in [5.41, 5.74) is 6.32. The summed E-state index contributed by atoms with van der Waals surface area (Å²) in [5, 5.41) is 0. The van der Waals surface area contributed by atoms with Gasteiger partial charge in [0.2, 0.25) is 0 Å². The average Bonchev–Trinajstić information content (AvgIpc) is 3.51. The number of hydrogen-bond donors (Lipinski definition) is 0. The largest absolute Gasteiger partial charge is 0.494 e. The average molecular weight is 643 g/mol. The molecule has 0 aromatic heterocycles. The van der Waals surface area contributed by atoms with Crippen molar-refractivity contribution in [1.82, 2.24) is 0 Å². The molecule has 6 heteroatoms. The van der Waals surface area contributed by atoms with Gasteiger partial charge < -0.3 is 18.6 Å². The Hall–Kier alpha value is -1.59. The molecule has 0 bridgehead atoms. The lowest BCUT2D eigenvalue weighted by molar-refractivity contribution is 0.00578. The first-order chi connectivity index (χ1) is 22.0. The van der Waals surface area contributed by atoms with Crippen LogP contribution in [0, 0.1) is 11.8 Å². The minimum absolute atomic E-state index is 0.104. The maximum atomic E-state index is 6.64. The molecule has 1 aliphatic carbocycles. The fraction of sp³-hybridized carbons (Fsp3) is 0.707. The zero-order valence-electron chi connectivity index (χ0n) is 32.0. The van der Waals surface area contributed by atoms with Gasteiger partial charge in [-0.15, -0.1) is 0 Å². The monoisotopic (exact) mass is 642 g/mol. The molecule has 0 saturated carbocycles. The predicted octanol–water partition coefficient (Wildman–Crippen LogP) is 9.76. The lowest BCUT2D eigenvalue weighted by Crippen LogP contribution is -2.41. The van der Waals surface area contributed by atoms with Crippen LogP contribution in [-0.4, -0.2) is 36.6 Å². The maximum absolute atomic E-state index is 6.64. The lowest BCUT2D eigenvalue weighted by Gasteiger charge is -2.39. The minimum atomic E-state index is -0.380. The third-order valence-electron chi connectivity index (χ3n) is 12.8. The van der Waals surface area contributed by atoms with Crippen LogP contribution in [0.25, 0.3) is 11.1 Å². The van der Waals surface area contributed by atoms with Gasteiger partial charge in [0.1, 0.15) is 0 Å². The summed E-state index contributed by atoms with van der Waals surface area (Å²) in [6.07, 6.45) is 12.3. The van der Waals surface area contributed by atoms with E-state index >= 15 is 0 Å². The fourth-order valence-electron chi connectivity index (χ4n) is 8.18. The van der Waals surface area contributed by atoms with Crippen molar-refractivity contribution in [1.29, 1.82) is 0 Å². The van der Waals surface area contributed by atoms with Crippen molar-refractivity contribution in [2.45, 2.75) is 175 Å². The molecule has 0 spiro atoms. The van der Waals surface area contributed by atoms with Gasteiger partial charge in [0, 0.05) is 5.41 Å². The molecular formula is C41H64B2O4. The Morgan fingerprint density at radius 1 is 0.532 bits per heavy atom. The molecule has 3 aliphatic rings. The van der Waals surface area contributed by atoms with E-state index in [0.717, 1.165) is 23.8 Å².